The van der Waals surface area contributed by atoms with Crippen LogP contribution in [-0.2, 0) is 9.84 Å². The predicted molar refractivity (Wildman–Crippen MR) is 84.3 cm³/mol. The molecule has 2 aromatic heterocycles. The first-order valence-corrected chi connectivity index (χ1v) is 9.20. The minimum Gasteiger partial charge on any atom is -0.760 e. The van der Waals surface area contributed by atoms with E-state index in [-0.39, 0.29) is 17.1 Å². The Morgan fingerprint density at radius 2 is 2.00 bits per heavy atom. The Kier molecular flexibility index (Phi) is 4.67. The van der Waals surface area contributed by atoms with E-state index < -0.39 is 51.3 Å². The highest BCUT2D eigenvalue weighted by Gasteiger charge is 2.59. The van der Waals surface area contributed by atoms with Crippen molar-refractivity contribution in [2.24, 2.45) is 0 Å². The molecule has 2 aromatic rings. The molecule has 0 saturated heterocycles. The van der Waals surface area contributed by atoms with Gasteiger partial charge in [0.15, 0.2) is 26.4 Å². The third-order valence-electron chi connectivity index (χ3n) is 3.70. The minimum absolute atomic E-state index is 0.0258. The molecular weight excluding hydrogens is 396 g/mol. The minimum atomic E-state index is -3.87. The fourth-order valence-corrected chi connectivity index (χ4v) is 2.86. The number of hydrogen-bond acceptors (Lipinski definition) is 8. The monoisotopic (exact) mass is 407 g/mol. The molecule has 146 valence electrons. The van der Waals surface area contributed by atoms with E-state index in [2.05, 4.69) is 19.7 Å². The Hall–Kier alpha value is -2.54. The first kappa shape index (κ1) is 19.2. The van der Waals surface area contributed by atoms with Crippen molar-refractivity contribution >= 4 is 15.7 Å². The van der Waals surface area contributed by atoms with Gasteiger partial charge in [0.05, 0.1) is 11.6 Å². The largest absolute Gasteiger partial charge is 0.760 e. The molecule has 0 aliphatic heterocycles. The summed E-state index contributed by atoms with van der Waals surface area (Å²) in [4.78, 5) is 11.2. The van der Waals surface area contributed by atoms with E-state index in [1.54, 1.807) is 0 Å². The molecule has 1 aliphatic carbocycles. The standard InChI is InChI=1S/C14H11F4N4O4S/c1-27(24,25)10-3-8(20-11(21-10)7-4-14(7,17)18)6-2-9(26-13(15)16)12(22-23)19-5-6/h2-3,5,7,13H,4H2,1H3,(H-,19,22,23)/q-1. The van der Waals surface area contributed by atoms with E-state index in [1.165, 1.54) is 5.48 Å². The van der Waals surface area contributed by atoms with Gasteiger partial charge in [-0.05, 0) is 6.07 Å². The van der Waals surface area contributed by atoms with Gasteiger partial charge in [0.2, 0.25) is 0 Å². The van der Waals surface area contributed by atoms with E-state index >= 15 is 0 Å². The van der Waals surface area contributed by atoms with Crippen molar-refractivity contribution in [2.45, 2.75) is 29.9 Å². The van der Waals surface area contributed by atoms with E-state index in [9.17, 15) is 31.2 Å². The normalized spacial score (nSPS) is 18.4. The number of aromatic nitrogens is 3. The molecule has 1 saturated carbocycles. The highest BCUT2D eigenvalue weighted by molar-refractivity contribution is 7.90. The molecule has 1 atom stereocenters. The Morgan fingerprint density at radius 3 is 2.52 bits per heavy atom. The van der Waals surface area contributed by atoms with Crippen LogP contribution in [0.15, 0.2) is 23.4 Å². The molecule has 1 aliphatic rings. The number of nitrogens with one attached hydrogen (secondary N) is 1. The maximum absolute atomic E-state index is 13.4. The molecule has 1 N–H and O–H groups in total. The lowest BCUT2D eigenvalue weighted by Crippen LogP contribution is -2.08. The highest BCUT2D eigenvalue weighted by Crippen LogP contribution is 2.54. The smallest absolute Gasteiger partial charge is 0.387 e. The summed E-state index contributed by atoms with van der Waals surface area (Å²) in [6, 6.07) is 1.95. The number of alkyl halides is 4. The molecule has 0 bridgehead atoms. The van der Waals surface area contributed by atoms with Crippen molar-refractivity contribution in [3.63, 3.8) is 0 Å². The van der Waals surface area contributed by atoms with Gasteiger partial charge in [-0.25, -0.2) is 32.2 Å². The molecule has 8 nitrogen and oxygen atoms in total. The molecule has 2 heterocycles. The number of halogens is 4. The molecule has 0 radical (unpaired) electrons. The summed E-state index contributed by atoms with van der Waals surface area (Å²) in [5.41, 5.74) is 1.15. The molecule has 3 rings (SSSR count). The van der Waals surface area contributed by atoms with Crippen molar-refractivity contribution < 1.29 is 30.7 Å². The van der Waals surface area contributed by atoms with Crippen LogP contribution in [0.1, 0.15) is 18.2 Å². The molecule has 0 aromatic carbocycles. The quantitative estimate of drug-likeness (QED) is 0.441. The number of rotatable bonds is 6. The van der Waals surface area contributed by atoms with E-state index in [4.69, 9.17) is 0 Å². The average Bonchev–Trinajstić information content (AvgIpc) is 3.21. The number of anilines is 1. The maximum atomic E-state index is 13.4. The van der Waals surface area contributed by atoms with Gasteiger partial charge in [0, 0.05) is 30.5 Å². The molecule has 1 fully saturated rings. The van der Waals surface area contributed by atoms with Crippen LogP contribution in [0, 0.1) is 5.21 Å². The van der Waals surface area contributed by atoms with Crippen molar-refractivity contribution in [2.75, 3.05) is 11.7 Å². The topological polar surface area (TPSA) is 117 Å². The predicted octanol–water partition coefficient (Wildman–Crippen LogP) is 2.58. The fraction of sp³-hybridized carbons (Fsp3) is 0.357. The van der Waals surface area contributed by atoms with Crippen LogP contribution >= 0.6 is 0 Å². The van der Waals surface area contributed by atoms with Crippen LogP contribution in [0.3, 0.4) is 0 Å². The van der Waals surface area contributed by atoms with Gasteiger partial charge >= 0.3 is 6.61 Å². The van der Waals surface area contributed by atoms with Crippen LogP contribution in [0.2, 0.25) is 0 Å². The summed E-state index contributed by atoms with van der Waals surface area (Å²) in [5.74, 6) is -5.93. The van der Waals surface area contributed by atoms with Gasteiger partial charge in [-0.2, -0.15) is 8.78 Å². The second kappa shape index (κ2) is 6.56. The van der Waals surface area contributed by atoms with Gasteiger partial charge < -0.3 is 15.4 Å². The lowest BCUT2D eigenvalue weighted by atomic mass is 10.2. The number of nitrogens with zero attached hydrogens (tertiary/aromatic N) is 3. The van der Waals surface area contributed by atoms with Crippen molar-refractivity contribution in [3.8, 4) is 17.0 Å². The molecule has 0 spiro atoms. The molecule has 13 heteroatoms. The van der Waals surface area contributed by atoms with Gasteiger partial charge in [-0.1, -0.05) is 0 Å². The van der Waals surface area contributed by atoms with Crippen LogP contribution in [0.25, 0.3) is 11.3 Å². The summed E-state index contributed by atoms with van der Waals surface area (Å²) in [7, 11) is -3.87. The number of hydrogen-bond donors (Lipinski definition) is 1. The molecule has 0 amide bonds. The van der Waals surface area contributed by atoms with E-state index in [1.807, 2.05) is 0 Å². The van der Waals surface area contributed by atoms with Crippen molar-refractivity contribution in [1.82, 2.24) is 15.0 Å². The lowest BCUT2D eigenvalue weighted by Gasteiger charge is -2.15. The van der Waals surface area contributed by atoms with Gasteiger partial charge in [-0.3, -0.25) is 0 Å². The SMILES string of the molecule is CS(=O)(=O)c1cc(-c2cnc(N[O-])c(OC(F)F)c2)nc(C2CC2(F)F)n1. The van der Waals surface area contributed by atoms with Gasteiger partial charge in [-0.15, -0.1) is 0 Å². The third kappa shape index (κ3) is 4.08. The highest BCUT2D eigenvalue weighted by atomic mass is 32.2. The van der Waals surface area contributed by atoms with Gasteiger partial charge in [0.1, 0.15) is 5.82 Å². The van der Waals surface area contributed by atoms with E-state index in [0.29, 0.717) is 0 Å². The Morgan fingerprint density at radius 1 is 1.33 bits per heavy atom. The van der Waals surface area contributed by atoms with E-state index in [0.717, 1.165) is 24.6 Å². The average molecular weight is 407 g/mol. The zero-order valence-corrected chi connectivity index (χ0v) is 14.3. The lowest BCUT2D eigenvalue weighted by molar-refractivity contribution is -0.0495. The van der Waals surface area contributed by atoms with Crippen LogP contribution in [0.5, 0.6) is 5.75 Å². The zero-order valence-electron chi connectivity index (χ0n) is 13.5. The maximum Gasteiger partial charge on any atom is 0.387 e. The summed E-state index contributed by atoms with van der Waals surface area (Å²) in [6.45, 7) is -3.26. The third-order valence-corrected chi connectivity index (χ3v) is 4.67. The van der Waals surface area contributed by atoms with Crippen LogP contribution in [0.4, 0.5) is 23.4 Å². The Bertz CT molecular complexity index is 987. The number of sulfone groups is 1. The summed E-state index contributed by atoms with van der Waals surface area (Å²) < 4.78 is 79.5. The van der Waals surface area contributed by atoms with Crippen LogP contribution < -0.4 is 10.2 Å². The second-order valence-corrected chi connectivity index (χ2v) is 7.75. The molecule has 27 heavy (non-hydrogen) atoms. The summed E-state index contributed by atoms with van der Waals surface area (Å²) in [6.07, 6.45) is 1.33. The Labute approximate surface area is 150 Å². The van der Waals surface area contributed by atoms with Crippen molar-refractivity contribution in [1.29, 1.82) is 0 Å². The number of pyridine rings is 1. The molecule has 1 unspecified atom stereocenters. The van der Waals surface area contributed by atoms with Crippen LogP contribution in [-0.4, -0.2) is 42.2 Å². The summed E-state index contributed by atoms with van der Waals surface area (Å²) in [5, 5.41) is 10.3. The zero-order chi connectivity index (χ0) is 20.0. The summed E-state index contributed by atoms with van der Waals surface area (Å²) >= 11 is 0. The van der Waals surface area contributed by atoms with Gasteiger partial charge in [0.25, 0.3) is 5.92 Å². The molecular formula is C14H11F4N4O4S-. The first-order valence-electron chi connectivity index (χ1n) is 7.31. The number of ether oxygens (including phenoxy) is 1. The fourth-order valence-electron chi connectivity index (χ4n) is 2.28. The second-order valence-electron chi connectivity index (χ2n) is 5.79. The van der Waals surface area contributed by atoms with Crippen molar-refractivity contribution in [3.05, 3.63) is 29.4 Å². The Balaban J connectivity index is 2.12. The first-order chi connectivity index (χ1) is 12.5.